The number of nitrogens with one attached hydrogen (secondary N) is 1. The van der Waals surface area contributed by atoms with Crippen molar-refractivity contribution in [3.05, 3.63) is 76.1 Å². The van der Waals surface area contributed by atoms with E-state index in [-0.39, 0.29) is 16.6 Å². The van der Waals surface area contributed by atoms with Gasteiger partial charge in [-0.3, -0.25) is 0 Å². The molecule has 0 fully saturated rings. The van der Waals surface area contributed by atoms with Crippen molar-refractivity contribution < 1.29 is 14.6 Å². The van der Waals surface area contributed by atoms with Gasteiger partial charge in [0.2, 0.25) is 0 Å². The molecule has 1 heterocycles. The van der Waals surface area contributed by atoms with Crippen LogP contribution in [0.3, 0.4) is 0 Å². The lowest BCUT2D eigenvalue weighted by Gasteiger charge is -2.15. The van der Waals surface area contributed by atoms with Gasteiger partial charge in [-0.05, 0) is 25.1 Å². The van der Waals surface area contributed by atoms with E-state index < -0.39 is 12.1 Å². The highest BCUT2D eigenvalue weighted by atomic mass is 35.5. The van der Waals surface area contributed by atoms with Crippen LogP contribution in [-0.4, -0.2) is 23.4 Å². The van der Waals surface area contributed by atoms with E-state index in [2.05, 4.69) is 15.3 Å². The molecule has 3 aromatic rings. The number of rotatable bonds is 7. The zero-order valence-electron chi connectivity index (χ0n) is 15.9. The number of halogens is 1. The Morgan fingerprint density at radius 3 is 2.63 bits per heavy atom. The Morgan fingerprint density at radius 2 is 1.93 bits per heavy atom. The van der Waals surface area contributed by atoms with Gasteiger partial charge in [0, 0.05) is 22.3 Å². The summed E-state index contributed by atoms with van der Waals surface area (Å²) in [6.07, 6.45) is 0.816. The molecule has 0 aliphatic heterocycles. The van der Waals surface area contributed by atoms with Crippen LogP contribution in [0.4, 0.5) is 10.7 Å². The van der Waals surface area contributed by atoms with Gasteiger partial charge in [-0.15, -0.1) is 11.3 Å². The van der Waals surface area contributed by atoms with Crippen molar-refractivity contribution >= 4 is 51.9 Å². The fourth-order valence-electron chi connectivity index (χ4n) is 2.57. The number of ether oxygens (including phenoxy) is 1. The maximum Gasteiger partial charge on any atom is 0.349 e. The first kappa shape index (κ1) is 21.4. The Labute approximate surface area is 182 Å². The number of nitrogens with two attached hydrogens (primary N) is 1. The van der Waals surface area contributed by atoms with Gasteiger partial charge in [-0.2, -0.15) is 0 Å². The van der Waals surface area contributed by atoms with Crippen LogP contribution in [0.2, 0.25) is 5.02 Å². The number of carboxylic acid groups (broad SMARTS) is 1. The van der Waals surface area contributed by atoms with E-state index in [4.69, 9.17) is 22.1 Å². The first-order valence-electron chi connectivity index (χ1n) is 8.90. The molecule has 0 aliphatic carbocycles. The summed E-state index contributed by atoms with van der Waals surface area (Å²) in [4.78, 5) is 19.8. The van der Waals surface area contributed by atoms with Gasteiger partial charge < -0.3 is 20.9 Å². The second-order valence-electron chi connectivity index (χ2n) is 6.11. The van der Waals surface area contributed by atoms with E-state index in [1.165, 1.54) is 6.34 Å². The van der Waals surface area contributed by atoms with E-state index in [0.29, 0.717) is 10.0 Å². The van der Waals surface area contributed by atoms with Crippen LogP contribution in [0.1, 0.15) is 28.3 Å². The molecule has 0 bridgehead atoms. The van der Waals surface area contributed by atoms with Crippen molar-refractivity contribution in [1.82, 2.24) is 0 Å². The van der Waals surface area contributed by atoms with Crippen molar-refractivity contribution in [2.75, 3.05) is 5.32 Å². The van der Waals surface area contributed by atoms with Crippen molar-refractivity contribution in [2.45, 2.75) is 13.0 Å². The van der Waals surface area contributed by atoms with Crippen LogP contribution >= 0.6 is 22.9 Å². The van der Waals surface area contributed by atoms with Gasteiger partial charge >= 0.3 is 5.97 Å². The van der Waals surface area contributed by atoms with Crippen molar-refractivity contribution in [2.24, 2.45) is 15.7 Å². The molecule has 0 amide bonds. The molecule has 7 nitrogen and oxygen atoms in total. The minimum absolute atomic E-state index is 0.0421. The van der Waals surface area contributed by atoms with Gasteiger partial charge in [-0.25, -0.2) is 14.8 Å². The van der Waals surface area contributed by atoms with Crippen molar-refractivity contribution in [3.8, 4) is 5.75 Å². The number of nitrogens with zero attached hydrogens (tertiary/aromatic N) is 2. The summed E-state index contributed by atoms with van der Waals surface area (Å²) in [6.45, 7) is 1.80. The second kappa shape index (κ2) is 9.91. The minimum atomic E-state index is -1.10. The zero-order valence-corrected chi connectivity index (χ0v) is 17.5. The van der Waals surface area contributed by atoms with Crippen molar-refractivity contribution in [1.29, 1.82) is 0 Å². The van der Waals surface area contributed by atoms with Crippen LogP contribution in [0, 0.1) is 0 Å². The molecule has 0 saturated carbocycles. The summed E-state index contributed by atoms with van der Waals surface area (Å²) in [6, 6.07) is 18.1. The lowest BCUT2D eigenvalue weighted by molar-refractivity contribution is 0.0696. The quantitative estimate of drug-likeness (QED) is 0.338. The number of thiophene rings is 1. The lowest BCUT2D eigenvalue weighted by atomic mass is 10.1. The number of para-hydroxylation sites is 1. The third-order valence-corrected chi connectivity index (χ3v) is 5.31. The maximum atomic E-state index is 11.6. The number of carbonyl (C=O) groups is 1. The number of anilines is 1. The fraction of sp³-hybridized carbons (Fsp3) is 0.0952. The molecular weight excluding hydrogens is 424 g/mol. The van der Waals surface area contributed by atoms with E-state index >= 15 is 0 Å². The molecule has 154 valence electrons. The maximum absolute atomic E-state index is 11.6. The molecule has 0 spiro atoms. The number of guanidine groups is 1. The van der Waals surface area contributed by atoms with Gasteiger partial charge in [0.25, 0.3) is 0 Å². The Bertz CT molecular complexity index is 1080. The van der Waals surface area contributed by atoms with Gasteiger partial charge in [0.15, 0.2) is 10.8 Å². The standard InChI is InChI=1S/C21H19ClN4O3S/c1-13(15-9-5-6-10-16(15)22)29-17-11-18(30-19(17)20(27)28)24-12-25-21(23)26-14-7-3-2-4-8-14/h2-13H,1H3,(H,27,28)(H3,23,24,25,26). The monoisotopic (exact) mass is 442 g/mol. The summed E-state index contributed by atoms with van der Waals surface area (Å²) in [5, 5.41) is 13.4. The summed E-state index contributed by atoms with van der Waals surface area (Å²) < 4.78 is 5.86. The van der Waals surface area contributed by atoms with Gasteiger partial charge in [0.05, 0.1) is 0 Å². The van der Waals surface area contributed by atoms with Crippen LogP contribution in [0.5, 0.6) is 5.75 Å². The highest BCUT2D eigenvalue weighted by Crippen LogP contribution is 2.38. The smallest absolute Gasteiger partial charge is 0.349 e. The summed E-state index contributed by atoms with van der Waals surface area (Å²) in [5.41, 5.74) is 7.37. The van der Waals surface area contributed by atoms with E-state index in [1.54, 1.807) is 19.1 Å². The Morgan fingerprint density at radius 1 is 1.23 bits per heavy atom. The largest absolute Gasteiger partial charge is 0.484 e. The van der Waals surface area contributed by atoms with Crippen LogP contribution < -0.4 is 15.8 Å². The third kappa shape index (κ3) is 5.59. The zero-order chi connectivity index (χ0) is 21.5. The first-order chi connectivity index (χ1) is 14.4. The SMILES string of the molecule is CC(Oc1cc(N=CN=C(N)Nc2ccccc2)sc1C(=O)O)c1ccccc1Cl. The highest BCUT2D eigenvalue weighted by Gasteiger charge is 2.20. The lowest BCUT2D eigenvalue weighted by Crippen LogP contribution is -2.22. The molecule has 1 unspecified atom stereocenters. The van der Waals surface area contributed by atoms with E-state index in [1.807, 2.05) is 48.5 Å². The summed E-state index contributed by atoms with van der Waals surface area (Å²) in [7, 11) is 0. The number of aromatic carboxylic acids is 1. The highest BCUT2D eigenvalue weighted by molar-refractivity contribution is 7.18. The molecule has 4 N–H and O–H groups in total. The van der Waals surface area contributed by atoms with Gasteiger partial charge in [-0.1, -0.05) is 48.0 Å². The predicted molar refractivity (Wildman–Crippen MR) is 122 cm³/mol. The molecule has 0 saturated heterocycles. The van der Waals surface area contributed by atoms with E-state index in [9.17, 15) is 9.90 Å². The average Bonchev–Trinajstić information content (AvgIpc) is 3.12. The molecule has 0 radical (unpaired) electrons. The first-order valence-corrected chi connectivity index (χ1v) is 10.1. The third-order valence-electron chi connectivity index (χ3n) is 3.95. The molecule has 2 aromatic carbocycles. The Balaban J connectivity index is 1.74. The van der Waals surface area contributed by atoms with Gasteiger partial charge in [0.1, 0.15) is 23.2 Å². The number of hydrogen-bond acceptors (Lipinski definition) is 4. The number of benzene rings is 2. The molecule has 30 heavy (non-hydrogen) atoms. The normalized spacial score (nSPS) is 12.7. The second-order valence-corrected chi connectivity index (χ2v) is 7.55. The van der Waals surface area contributed by atoms with Crippen LogP contribution in [0.25, 0.3) is 0 Å². The molecule has 1 aromatic heterocycles. The number of hydrogen-bond donors (Lipinski definition) is 3. The fourth-order valence-corrected chi connectivity index (χ4v) is 3.63. The molecule has 3 rings (SSSR count). The number of carboxylic acids is 1. The van der Waals surface area contributed by atoms with E-state index in [0.717, 1.165) is 22.6 Å². The molecule has 0 aliphatic rings. The summed E-state index contributed by atoms with van der Waals surface area (Å²) in [5.74, 6) is -0.730. The van der Waals surface area contributed by atoms with Crippen LogP contribution in [0.15, 0.2) is 70.6 Å². The van der Waals surface area contributed by atoms with Crippen molar-refractivity contribution in [3.63, 3.8) is 0 Å². The Hall–Kier alpha value is -3.36. The average molecular weight is 443 g/mol. The number of aliphatic imine (C=N–C) groups is 2. The predicted octanol–water partition coefficient (Wildman–Crippen LogP) is 5.33. The molecule has 9 heteroatoms. The topological polar surface area (TPSA) is 109 Å². The minimum Gasteiger partial charge on any atom is -0.484 e. The Kier molecular flexibility index (Phi) is 7.05. The van der Waals surface area contributed by atoms with Crippen LogP contribution in [-0.2, 0) is 0 Å². The molecule has 1 atom stereocenters. The summed E-state index contributed by atoms with van der Waals surface area (Å²) >= 11 is 7.18. The molecular formula is C21H19ClN4O3S.